The molecule has 15 atom stereocenters. The second-order valence-corrected chi connectivity index (χ2v) is 20.4. The Balaban J connectivity index is 1.46. The molecule has 5 rings (SSSR count). The first-order chi connectivity index (χ1) is 32.8. The molecule has 1 saturated carbocycles. The molecule has 4 aliphatic rings. The molecule has 17 heteroatoms. The number of methoxy groups -OCH3 is 3. The molecule has 0 aromatic carbocycles. The summed E-state index contributed by atoms with van der Waals surface area (Å²) in [6.45, 7) is 12.8. The van der Waals surface area contributed by atoms with Gasteiger partial charge in [0.1, 0.15) is 36.5 Å². The third-order valence-corrected chi connectivity index (χ3v) is 15.2. The first kappa shape index (κ1) is 55.7. The zero-order valence-electron chi connectivity index (χ0n) is 42.5. The van der Waals surface area contributed by atoms with Gasteiger partial charge < -0.3 is 38.8 Å². The molecule has 1 aliphatic carbocycles. The van der Waals surface area contributed by atoms with Crippen LogP contribution in [0.1, 0.15) is 132 Å². The number of aromatic nitrogens is 4. The number of fused-ring (bicyclic) bond motifs is 3. The molecule has 2 N–H and O–H groups in total. The maximum atomic E-state index is 14.5. The highest BCUT2D eigenvalue weighted by molar-refractivity contribution is 6.39. The van der Waals surface area contributed by atoms with E-state index in [9.17, 15) is 34.2 Å². The lowest BCUT2D eigenvalue weighted by Crippen LogP contribution is -2.61. The summed E-state index contributed by atoms with van der Waals surface area (Å²) < 4.78 is 31.6. The lowest BCUT2D eigenvalue weighted by Gasteiger charge is -2.42. The van der Waals surface area contributed by atoms with Crippen LogP contribution < -0.4 is 0 Å². The van der Waals surface area contributed by atoms with Gasteiger partial charge in [0, 0.05) is 58.5 Å². The molecule has 3 aliphatic heterocycles. The van der Waals surface area contributed by atoms with Crippen molar-refractivity contribution in [1.29, 1.82) is 0 Å². The molecular formula is C52H79N5O12. The van der Waals surface area contributed by atoms with Crippen molar-refractivity contribution in [2.45, 2.75) is 180 Å². The quantitative estimate of drug-likeness (QED) is 0.181. The van der Waals surface area contributed by atoms with Gasteiger partial charge in [-0.25, -0.2) is 9.48 Å². The average molecular weight is 966 g/mol. The van der Waals surface area contributed by atoms with Crippen LogP contribution in [0, 0.1) is 35.5 Å². The minimum atomic E-state index is -2.43. The van der Waals surface area contributed by atoms with Gasteiger partial charge in [0.25, 0.3) is 11.7 Å². The number of ether oxygens (including phenoxy) is 5. The van der Waals surface area contributed by atoms with Crippen LogP contribution in [0.3, 0.4) is 0 Å². The van der Waals surface area contributed by atoms with Gasteiger partial charge in [0.15, 0.2) is 5.78 Å². The van der Waals surface area contributed by atoms with E-state index in [2.05, 4.69) is 15.5 Å². The maximum Gasteiger partial charge on any atom is 0.329 e. The molecule has 4 heterocycles. The van der Waals surface area contributed by atoms with Crippen LogP contribution in [0.15, 0.2) is 53.9 Å². The number of hydrogen-bond donors (Lipinski definition) is 2. The lowest BCUT2D eigenvalue weighted by molar-refractivity contribution is -0.265. The third kappa shape index (κ3) is 14.2. The Labute approximate surface area is 408 Å². The standard InChI is InChI=1S/C52H79N5O12/c1-31-16-12-11-13-17-32(2)43(65-8)28-39-21-19-37(7)52(64,69-39)49(61)50(62)56-23-15-14-18-41(56)51(63)68-44(34(4)26-38-20-22-40(45(27-38)66-9)57-30-53-54-55-57)29-42(58)33(3)25-36(6)47(60)48(67-10)46(59)35(5)24-31/h11-13,16-17,25,30-31,33-35,37-41,43-45,47-48,60,64H,14-15,18-24,26-29H2,1-10H3/b13-11+,16-12+,32-17+,36-25+/t31-,33-,34-,35+,37?,38+,39+,40+,41+,43+,44+,45-,47-,48?,52?/m1/s1. The number of carbonyl (C=O) groups excluding carboxylic acids is 5. The summed E-state index contributed by atoms with van der Waals surface area (Å²) in [6.07, 6.45) is 13.9. The van der Waals surface area contributed by atoms with Gasteiger partial charge in [0.05, 0.1) is 24.4 Å². The zero-order valence-corrected chi connectivity index (χ0v) is 42.5. The van der Waals surface area contributed by atoms with E-state index in [0.717, 1.165) is 18.4 Å². The van der Waals surface area contributed by atoms with Gasteiger partial charge in [-0.3, -0.25) is 19.2 Å². The number of piperidine rings is 1. The summed E-state index contributed by atoms with van der Waals surface area (Å²) in [5.41, 5.74) is 1.27. The molecule has 2 saturated heterocycles. The number of aliphatic hydroxyl groups excluding tert-OH is 1. The Kier molecular flexibility index (Phi) is 20.8. The van der Waals surface area contributed by atoms with Crippen LogP contribution in [-0.2, 0) is 47.7 Å². The minimum absolute atomic E-state index is 0.0170. The fourth-order valence-corrected chi connectivity index (χ4v) is 10.7. The van der Waals surface area contributed by atoms with E-state index >= 15 is 0 Å². The second-order valence-electron chi connectivity index (χ2n) is 20.4. The Morgan fingerprint density at radius 3 is 2.32 bits per heavy atom. The van der Waals surface area contributed by atoms with Crippen molar-refractivity contribution in [1.82, 2.24) is 25.1 Å². The number of hydrogen-bond acceptors (Lipinski definition) is 15. The van der Waals surface area contributed by atoms with Crippen molar-refractivity contribution in [3.05, 3.63) is 53.9 Å². The summed E-state index contributed by atoms with van der Waals surface area (Å²) in [5.74, 6) is -7.92. The molecular weight excluding hydrogens is 887 g/mol. The zero-order chi connectivity index (χ0) is 50.6. The van der Waals surface area contributed by atoms with E-state index in [0.29, 0.717) is 56.9 Å². The van der Waals surface area contributed by atoms with Crippen LogP contribution in [0.2, 0.25) is 0 Å². The van der Waals surface area contributed by atoms with Gasteiger partial charge >= 0.3 is 5.97 Å². The highest BCUT2D eigenvalue weighted by Crippen LogP contribution is 2.39. The van der Waals surface area contributed by atoms with E-state index in [1.54, 1.807) is 52.1 Å². The van der Waals surface area contributed by atoms with Gasteiger partial charge in [0.2, 0.25) is 5.79 Å². The summed E-state index contributed by atoms with van der Waals surface area (Å²) in [7, 11) is 4.62. The Bertz CT molecular complexity index is 2020. The van der Waals surface area contributed by atoms with Crippen molar-refractivity contribution in [3.8, 4) is 0 Å². The molecule has 69 heavy (non-hydrogen) atoms. The Morgan fingerprint density at radius 2 is 1.64 bits per heavy atom. The number of ketones is 3. The molecule has 0 radical (unpaired) electrons. The summed E-state index contributed by atoms with van der Waals surface area (Å²) >= 11 is 0. The number of esters is 1. The first-order valence-corrected chi connectivity index (χ1v) is 25.0. The maximum absolute atomic E-state index is 14.5. The number of cyclic esters (lactones) is 1. The number of nitrogens with zero attached hydrogens (tertiary/aromatic N) is 5. The highest BCUT2D eigenvalue weighted by atomic mass is 16.6. The molecule has 3 fully saturated rings. The number of carbonyl (C=O) groups is 5. The van der Waals surface area contributed by atoms with Gasteiger partial charge in [-0.1, -0.05) is 71.1 Å². The molecule has 0 spiro atoms. The Hall–Kier alpha value is -4.26. The van der Waals surface area contributed by atoms with Crippen molar-refractivity contribution in [2.75, 3.05) is 27.9 Å². The third-order valence-electron chi connectivity index (χ3n) is 15.2. The molecule has 1 aromatic heterocycles. The van der Waals surface area contributed by atoms with E-state index in [-0.39, 0.29) is 60.9 Å². The molecule has 1 amide bonds. The first-order valence-electron chi connectivity index (χ1n) is 25.0. The van der Waals surface area contributed by atoms with E-state index in [1.807, 2.05) is 58.1 Å². The lowest BCUT2D eigenvalue weighted by atomic mass is 9.77. The van der Waals surface area contributed by atoms with Gasteiger partial charge in [-0.2, -0.15) is 0 Å². The molecule has 1 aromatic rings. The molecule has 3 unspecified atom stereocenters. The van der Waals surface area contributed by atoms with E-state index in [4.69, 9.17) is 23.7 Å². The smallest absolute Gasteiger partial charge is 0.329 e. The normalized spacial score (nSPS) is 38.8. The van der Waals surface area contributed by atoms with Gasteiger partial charge in [-0.05, 0) is 117 Å². The number of allylic oxidation sites excluding steroid dienone is 6. The molecule has 17 nitrogen and oxygen atoms in total. The highest BCUT2D eigenvalue weighted by Gasteiger charge is 2.53. The summed E-state index contributed by atoms with van der Waals surface area (Å²) in [5, 5.41) is 35.2. The van der Waals surface area contributed by atoms with Crippen molar-refractivity contribution >= 4 is 29.2 Å². The van der Waals surface area contributed by atoms with Crippen LogP contribution in [0.25, 0.3) is 0 Å². The fourth-order valence-electron chi connectivity index (χ4n) is 10.7. The predicted molar refractivity (Wildman–Crippen MR) is 256 cm³/mol. The topological polar surface area (TPSA) is 219 Å². The van der Waals surface area contributed by atoms with Crippen LogP contribution >= 0.6 is 0 Å². The minimum Gasteiger partial charge on any atom is -0.460 e. The largest absolute Gasteiger partial charge is 0.460 e. The van der Waals surface area contributed by atoms with Gasteiger partial charge in [-0.15, -0.1) is 5.10 Å². The predicted octanol–water partition coefficient (Wildman–Crippen LogP) is 6.05. The van der Waals surface area contributed by atoms with E-state index < -0.39 is 77.8 Å². The van der Waals surface area contributed by atoms with E-state index in [1.165, 1.54) is 12.0 Å². The summed E-state index contributed by atoms with van der Waals surface area (Å²) in [6, 6.07) is -1.19. The van der Waals surface area contributed by atoms with Crippen molar-refractivity contribution in [3.63, 3.8) is 0 Å². The summed E-state index contributed by atoms with van der Waals surface area (Å²) in [4.78, 5) is 72.3. The monoisotopic (exact) mass is 966 g/mol. The fraction of sp³-hybridized carbons (Fsp3) is 0.731. The SMILES string of the molecule is COC1C(=O)[C@@H](C)C[C@H](C)/C=C/C=C/C=C(\C)[C@@H](OC)C[C@@H]2CCC(C)C(O)(O2)C(=O)C(=O)N2CCCC[C@H]2C(=O)O[C@H]([C@H](C)C[C@@H]2CC[C@H](n3cnnn3)[C@H](OC)C2)CC(=O)[C@H](C)/C=C(\C)[C@H]1O. The average Bonchev–Trinajstić information content (AvgIpc) is 3.88. The van der Waals surface area contributed by atoms with Crippen molar-refractivity contribution < 1.29 is 57.9 Å². The molecule has 2 bridgehead atoms. The second kappa shape index (κ2) is 25.7. The number of aliphatic hydroxyl groups is 2. The van der Waals surface area contributed by atoms with Crippen LogP contribution in [0.5, 0.6) is 0 Å². The number of tetrazole rings is 1. The van der Waals surface area contributed by atoms with Crippen molar-refractivity contribution in [2.24, 2.45) is 35.5 Å². The Morgan fingerprint density at radius 1 is 0.884 bits per heavy atom. The van der Waals surface area contributed by atoms with Crippen LogP contribution in [-0.4, -0.2) is 141 Å². The van der Waals surface area contributed by atoms with Crippen LogP contribution in [0.4, 0.5) is 0 Å². The number of rotatable bonds is 7. The number of Topliss-reactive ketones (excluding diaryl/α,β-unsaturated/α-hetero) is 3. The number of amides is 1. The molecule has 384 valence electrons.